The van der Waals surface area contributed by atoms with Crippen LogP contribution < -0.4 is 10.2 Å². The molecule has 0 radical (unpaired) electrons. The lowest BCUT2D eigenvalue weighted by molar-refractivity contribution is 0.0960. The Labute approximate surface area is 181 Å². The minimum absolute atomic E-state index is 0.143. The van der Waals surface area contributed by atoms with E-state index in [2.05, 4.69) is 76.8 Å². The highest BCUT2D eigenvalue weighted by Gasteiger charge is 2.16. The predicted molar refractivity (Wildman–Crippen MR) is 131 cm³/mol. The number of amides is 1. The molecule has 0 unspecified atom stereocenters. The highest BCUT2D eigenvalue weighted by molar-refractivity contribution is 6.28. The molecule has 0 aliphatic rings. The fourth-order valence-electron chi connectivity index (χ4n) is 4.42. The van der Waals surface area contributed by atoms with Gasteiger partial charge < -0.3 is 10.2 Å². The van der Waals surface area contributed by atoms with Gasteiger partial charge in [-0.05, 0) is 61.6 Å². The largest absolute Gasteiger partial charge is 0.378 e. The van der Waals surface area contributed by atoms with E-state index in [1.165, 1.54) is 33.0 Å². The van der Waals surface area contributed by atoms with Gasteiger partial charge in [-0.25, -0.2) is 0 Å². The molecule has 0 fully saturated rings. The fraction of sp³-hybridized carbons (Fsp3) is 0.107. The molecular formula is C28H22N2O. The van der Waals surface area contributed by atoms with E-state index in [4.69, 9.17) is 6.42 Å². The molecule has 150 valence electrons. The first kappa shape index (κ1) is 19.0. The SMILES string of the molecule is C#CCNC(=O)c1ccc2ccc3ccc(-c4ccc(N(C)C)cc4)c4ccc1c2c34. The molecule has 3 heteroatoms. The normalized spacial score (nSPS) is 11.1. The average Bonchev–Trinajstić information content (AvgIpc) is 2.80. The maximum atomic E-state index is 12.7. The lowest BCUT2D eigenvalue weighted by Gasteiger charge is -2.17. The molecule has 0 saturated heterocycles. The third-order valence-corrected chi connectivity index (χ3v) is 5.95. The number of rotatable bonds is 4. The van der Waals surface area contributed by atoms with E-state index in [1.807, 2.05) is 26.2 Å². The van der Waals surface area contributed by atoms with Crippen LogP contribution in [0.3, 0.4) is 0 Å². The summed E-state index contributed by atoms with van der Waals surface area (Å²) in [6.07, 6.45) is 5.32. The van der Waals surface area contributed by atoms with Crippen molar-refractivity contribution in [1.29, 1.82) is 0 Å². The van der Waals surface area contributed by atoms with Gasteiger partial charge in [0.1, 0.15) is 0 Å². The second-order valence-electron chi connectivity index (χ2n) is 7.98. The van der Waals surface area contributed by atoms with Crippen LogP contribution in [0.15, 0.2) is 72.8 Å². The molecule has 5 aromatic rings. The molecule has 31 heavy (non-hydrogen) atoms. The molecule has 5 rings (SSSR count). The molecule has 0 aliphatic heterocycles. The number of hydrogen-bond acceptors (Lipinski definition) is 2. The van der Waals surface area contributed by atoms with Gasteiger partial charge in [-0.3, -0.25) is 4.79 Å². The lowest BCUT2D eigenvalue weighted by atomic mass is 9.88. The molecule has 0 aliphatic carbocycles. The molecule has 5 aromatic carbocycles. The first-order valence-corrected chi connectivity index (χ1v) is 10.3. The second kappa shape index (κ2) is 7.34. The minimum Gasteiger partial charge on any atom is -0.378 e. The van der Waals surface area contributed by atoms with Crippen molar-refractivity contribution in [2.75, 3.05) is 25.5 Å². The van der Waals surface area contributed by atoms with Crippen molar-refractivity contribution < 1.29 is 4.79 Å². The number of benzene rings is 5. The number of carbonyl (C=O) groups excluding carboxylic acids is 1. The third kappa shape index (κ3) is 3.05. The van der Waals surface area contributed by atoms with Crippen LogP contribution in [0.2, 0.25) is 0 Å². The molecule has 0 heterocycles. The highest BCUT2D eigenvalue weighted by atomic mass is 16.1. The summed E-state index contributed by atoms with van der Waals surface area (Å²) in [4.78, 5) is 14.8. The number of terminal acetylenes is 1. The zero-order chi connectivity index (χ0) is 21.5. The van der Waals surface area contributed by atoms with Crippen LogP contribution in [0.1, 0.15) is 10.4 Å². The molecule has 0 saturated carbocycles. The number of anilines is 1. The van der Waals surface area contributed by atoms with Crippen molar-refractivity contribution in [2.45, 2.75) is 0 Å². The standard InChI is InChI=1S/C28H22N2O/c1-4-17-29-28(31)25-14-10-20-6-5-19-9-13-22(18-7-11-21(12-8-18)30(2)3)23-15-16-24(25)27(20)26(19)23/h1,5-16H,17H2,2-3H3,(H,29,31). The number of carbonyl (C=O) groups is 1. The van der Waals surface area contributed by atoms with Crippen molar-refractivity contribution >= 4 is 43.9 Å². The minimum atomic E-state index is -0.143. The van der Waals surface area contributed by atoms with Crippen molar-refractivity contribution in [3.05, 3.63) is 78.4 Å². The van der Waals surface area contributed by atoms with Crippen LogP contribution in [0.4, 0.5) is 5.69 Å². The Bertz CT molecular complexity index is 1470. The zero-order valence-corrected chi connectivity index (χ0v) is 17.6. The first-order valence-electron chi connectivity index (χ1n) is 10.3. The summed E-state index contributed by atoms with van der Waals surface area (Å²) >= 11 is 0. The van der Waals surface area contributed by atoms with Crippen molar-refractivity contribution in [2.24, 2.45) is 0 Å². The summed E-state index contributed by atoms with van der Waals surface area (Å²) in [7, 11) is 4.09. The Morgan fingerprint density at radius 2 is 1.45 bits per heavy atom. The molecule has 0 bridgehead atoms. The van der Waals surface area contributed by atoms with Gasteiger partial charge in [0.05, 0.1) is 6.54 Å². The van der Waals surface area contributed by atoms with Crippen LogP contribution in [0, 0.1) is 12.3 Å². The van der Waals surface area contributed by atoms with Gasteiger partial charge >= 0.3 is 0 Å². The lowest BCUT2D eigenvalue weighted by Crippen LogP contribution is -2.23. The Hall–Kier alpha value is -4.03. The van der Waals surface area contributed by atoms with Gasteiger partial charge in [-0.1, -0.05) is 60.5 Å². The van der Waals surface area contributed by atoms with Gasteiger partial charge in [0, 0.05) is 25.3 Å². The Morgan fingerprint density at radius 1 is 0.839 bits per heavy atom. The summed E-state index contributed by atoms with van der Waals surface area (Å²) in [6.45, 7) is 0.216. The summed E-state index contributed by atoms with van der Waals surface area (Å²) in [5.41, 5.74) is 4.19. The maximum Gasteiger partial charge on any atom is 0.252 e. The van der Waals surface area contributed by atoms with Crippen LogP contribution in [-0.2, 0) is 0 Å². The van der Waals surface area contributed by atoms with E-state index in [9.17, 15) is 4.79 Å². The Morgan fingerprint density at radius 3 is 2.13 bits per heavy atom. The third-order valence-electron chi connectivity index (χ3n) is 5.95. The highest BCUT2D eigenvalue weighted by Crippen LogP contribution is 2.40. The summed E-state index contributed by atoms with van der Waals surface area (Å²) in [5.74, 6) is 2.32. The van der Waals surface area contributed by atoms with E-state index >= 15 is 0 Å². The maximum absolute atomic E-state index is 12.7. The van der Waals surface area contributed by atoms with Crippen molar-refractivity contribution in [1.82, 2.24) is 5.32 Å². The Kier molecular flexibility index (Phi) is 4.49. The molecular weight excluding hydrogens is 380 g/mol. The predicted octanol–water partition coefficient (Wildman–Crippen LogP) is 5.68. The molecule has 1 amide bonds. The van der Waals surface area contributed by atoms with E-state index in [-0.39, 0.29) is 12.5 Å². The molecule has 0 atom stereocenters. The molecule has 0 aromatic heterocycles. The number of nitrogens with one attached hydrogen (secondary N) is 1. The van der Waals surface area contributed by atoms with Gasteiger partial charge in [0.15, 0.2) is 0 Å². The molecule has 3 nitrogen and oxygen atoms in total. The monoisotopic (exact) mass is 402 g/mol. The quantitative estimate of drug-likeness (QED) is 0.310. The van der Waals surface area contributed by atoms with Crippen molar-refractivity contribution in [3.63, 3.8) is 0 Å². The molecule has 0 spiro atoms. The Balaban J connectivity index is 1.77. The van der Waals surface area contributed by atoms with Crippen LogP contribution in [0.25, 0.3) is 43.4 Å². The first-order chi connectivity index (χ1) is 15.1. The smallest absolute Gasteiger partial charge is 0.252 e. The zero-order valence-electron chi connectivity index (χ0n) is 17.6. The van der Waals surface area contributed by atoms with E-state index < -0.39 is 0 Å². The molecule has 1 N–H and O–H groups in total. The van der Waals surface area contributed by atoms with Crippen LogP contribution in [-0.4, -0.2) is 26.5 Å². The van der Waals surface area contributed by atoms with E-state index in [0.29, 0.717) is 5.56 Å². The number of nitrogens with zero attached hydrogens (tertiary/aromatic N) is 1. The topological polar surface area (TPSA) is 32.3 Å². The van der Waals surface area contributed by atoms with Gasteiger partial charge in [0.2, 0.25) is 0 Å². The number of hydrogen-bond donors (Lipinski definition) is 1. The van der Waals surface area contributed by atoms with Gasteiger partial charge in [-0.15, -0.1) is 6.42 Å². The van der Waals surface area contributed by atoms with Gasteiger partial charge in [0.25, 0.3) is 5.91 Å². The van der Waals surface area contributed by atoms with Crippen LogP contribution >= 0.6 is 0 Å². The fourth-order valence-corrected chi connectivity index (χ4v) is 4.42. The van der Waals surface area contributed by atoms with E-state index in [0.717, 1.165) is 16.2 Å². The van der Waals surface area contributed by atoms with Crippen molar-refractivity contribution in [3.8, 4) is 23.5 Å². The summed E-state index contributed by atoms with van der Waals surface area (Å²) < 4.78 is 0. The van der Waals surface area contributed by atoms with E-state index in [1.54, 1.807) is 0 Å². The summed E-state index contributed by atoms with van der Waals surface area (Å²) in [5, 5.41) is 9.54. The van der Waals surface area contributed by atoms with Crippen LogP contribution in [0.5, 0.6) is 0 Å². The second-order valence-corrected chi connectivity index (χ2v) is 7.98. The average molecular weight is 402 g/mol. The van der Waals surface area contributed by atoms with Gasteiger partial charge in [-0.2, -0.15) is 0 Å². The summed E-state index contributed by atoms with van der Waals surface area (Å²) in [6, 6.07) is 25.3.